The summed E-state index contributed by atoms with van der Waals surface area (Å²) in [6, 6.07) is 1.70. The Labute approximate surface area is 176 Å². The molecule has 6 nitrogen and oxygen atoms in total. The maximum absolute atomic E-state index is 13.8. The molecule has 2 atom stereocenters. The van der Waals surface area contributed by atoms with Crippen LogP contribution in [0.15, 0.2) is 18.3 Å². The van der Waals surface area contributed by atoms with E-state index in [9.17, 15) is 19.1 Å². The maximum Gasteiger partial charge on any atom is 0.253 e. The fraction of sp³-hybridized carbons (Fsp3) is 0.652. The highest BCUT2D eigenvalue weighted by atomic mass is 19.1. The van der Waals surface area contributed by atoms with E-state index in [-0.39, 0.29) is 17.9 Å². The molecular formula is C23H32FN3O3. The molecule has 0 saturated heterocycles. The third kappa shape index (κ3) is 4.04. The van der Waals surface area contributed by atoms with Crippen LogP contribution < -0.4 is 10.6 Å². The van der Waals surface area contributed by atoms with Crippen molar-refractivity contribution in [2.45, 2.75) is 76.7 Å². The third-order valence-electron chi connectivity index (χ3n) is 7.08. The highest BCUT2D eigenvalue weighted by Crippen LogP contribution is 2.55. The second kappa shape index (κ2) is 7.52. The Balaban J connectivity index is 1.48. The number of alkyl halides is 1. The topological polar surface area (TPSA) is 83.4 Å². The SMILES string of the molecule is CC(=O)NC(C)(C)/C=C/n1ccc(C(=O)NC2C3CC4CC2CC(O)(C4)C3)c1CF. The highest BCUT2D eigenvalue weighted by Gasteiger charge is 2.55. The number of amides is 2. The van der Waals surface area contributed by atoms with E-state index in [0.717, 1.165) is 32.1 Å². The van der Waals surface area contributed by atoms with E-state index in [1.165, 1.54) is 6.92 Å². The van der Waals surface area contributed by atoms with E-state index in [2.05, 4.69) is 10.6 Å². The minimum Gasteiger partial charge on any atom is -0.390 e. The number of nitrogens with zero attached hydrogens (tertiary/aromatic N) is 1. The van der Waals surface area contributed by atoms with Crippen molar-refractivity contribution in [3.8, 4) is 0 Å². The van der Waals surface area contributed by atoms with Crippen LogP contribution in [0.4, 0.5) is 4.39 Å². The van der Waals surface area contributed by atoms with Crippen molar-refractivity contribution in [2.24, 2.45) is 17.8 Å². The van der Waals surface area contributed by atoms with Gasteiger partial charge in [0.25, 0.3) is 5.91 Å². The fourth-order valence-corrected chi connectivity index (χ4v) is 6.18. The Morgan fingerprint density at radius 3 is 2.53 bits per heavy atom. The zero-order valence-electron chi connectivity index (χ0n) is 18.0. The number of rotatable bonds is 6. The number of carbonyl (C=O) groups is 2. The molecule has 0 aromatic carbocycles. The highest BCUT2D eigenvalue weighted by molar-refractivity contribution is 5.96. The molecule has 4 aliphatic rings. The van der Waals surface area contributed by atoms with Gasteiger partial charge in [-0.05, 0) is 75.8 Å². The molecule has 164 valence electrons. The van der Waals surface area contributed by atoms with E-state index in [0.29, 0.717) is 29.0 Å². The first-order chi connectivity index (χ1) is 14.1. The number of aromatic nitrogens is 1. The van der Waals surface area contributed by atoms with Crippen LogP contribution in [0.5, 0.6) is 0 Å². The van der Waals surface area contributed by atoms with E-state index in [4.69, 9.17) is 0 Å². The summed E-state index contributed by atoms with van der Waals surface area (Å²) in [5.41, 5.74) is -0.500. The van der Waals surface area contributed by atoms with Gasteiger partial charge in [-0.25, -0.2) is 4.39 Å². The summed E-state index contributed by atoms with van der Waals surface area (Å²) >= 11 is 0. The summed E-state index contributed by atoms with van der Waals surface area (Å²) in [4.78, 5) is 24.3. The molecule has 4 saturated carbocycles. The number of halogens is 1. The van der Waals surface area contributed by atoms with Gasteiger partial charge in [0.15, 0.2) is 0 Å². The number of hydrogen-bond donors (Lipinski definition) is 3. The molecule has 3 N–H and O–H groups in total. The molecule has 1 aromatic rings. The van der Waals surface area contributed by atoms with E-state index in [1.54, 1.807) is 29.1 Å². The number of aliphatic hydroxyl groups is 1. The van der Waals surface area contributed by atoms with Crippen molar-refractivity contribution >= 4 is 18.0 Å². The predicted molar refractivity (Wildman–Crippen MR) is 112 cm³/mol. The van der Waals surface area contributed by atoms with Crippen LogP contribution >= 0.6 is 0 Å². The largest absolute Gasteiger partial charge is 0.390 e. The monoisotopic (exact) mass is 417 g/mol. The summed E-state index contributed by atoms with van der Waals surface area (Å²) < 4.78 is 15.4. The number of carbonyl (C=O) groups excluding carboxylic acids is 2. The van der Waals surface area contributed by atoms with Crippen LogP contribution in [0.3, 0.4) is 0 Å². The van der Waals surface area contributed by atoms with Gasteiger partial charge in [-0.3, -0.25) is 9.59 Å². The number of hydrogen-bond acceptors (Lipinski definition) is 3. The van der Waals surface area contributed by atoms with Crippen molar-refractivity contribution in [2.75, 3.05) is 0 Å². The quantitative estimate of drug-likeness (QED) is 0.665. The minimum absolute atomic E-state index is 0.0550. The summed E-state index contributed by atoms with van der Waals surface area (Å²) in [5.74, 6) is 0.780. The van der Waals surface area contributed by atoms with Gasteiger partial charge in [0.05, 0.1) is 22.4 Å². The maximum atomic E-state index is 13.8. The normalized spacial score (nSPS) is 32.6. The molecule has 4 fully saturated rings. The van der Waals surface area contributed by atoms with Gasteiger partial charge >= 0.3 is 0 Å². The Morgan fingerprint density at radius 1 is 1.30 bits per heavy atom. The van der Waals surface area contributed by atoms with Gasteiger partial charge in [-0.15, -0.1) is 0 Å². The van der Waals surface area contributed by atoms with Gasteiger partial charge in [-0.1, -0.05) is 0 Å². The van der Waals surface area contributed by atoms with Crippen LogP contribution in [0.1, 0.15) is 68.9 Å². The number of nitrogens with one attached hydrogen (secondary N) is 2. The molecule has 0 aliphatic heterocycles. The molecule has 7 heteroatoms. The fourth-order valence-electron chi connectivity index (χ4n) is 6.18. The van der Waals surface area contributed by atoms with Gasteiger partial charge in [-0.2, -0.15) is 0 Å². The lowest BCUT2D eigenvalue weighted by molar-refractivity contribution is -0.136. The van der Waals surface area contributed by atoms with Crippen LogP contribution in [0.25, 0.3) is 6.20 Å². The second-order valence-corrected chi connectivity index (χ2v) is 10.1. The smallest absolute Gasteiger partial charge is 0.253 e. The van der Waals surface area contributed by atoms with Crippen LogP contribution in [0.2, 0.25) is 0 Å². The molecule has 4 aliphatic carbocycles. The first-order valence-corrected chi connectivity index (χ1v) is 10.9. The molecular weight excluding hydrogens is 385 g/mol. The van der Waals surface area contributed by atoms with Crippen molar-refractivity contribution < 1.29 is 19.1 Å². The summed E-state index contributed by atoms with van der Waals surface area (Å²) in [5, 5.41) is 16.7. The lowest BCUT2D eigenvalue weighted by Gasteiger charge is -2.58. The van der Waals surface area contributed by atoms with E-state index in [1.807, 2.05) is 13.8 Å². The zero-order valence-corrected chi connectivity index (χ0v) is 18.0. The van der Waals surface area contributed by atoms with Crippen molar-refractivity contribution in [3.05, 3.63) is 29.6 Å². The summed E-state index contributed by atoms with van der Waals surface area (Å²) in [7, 11) is 0. The third-order valence-corrected chi connectivity index (χ3v) is 7.08. The van der Waals surface area contributed by atoms with Gasteiger partial charge in [0, 0.05) is 25.4 Å². The molecule has 2 amide bonds. The molecule has 2 unspecified atom stereocenters. The summed E-state index contributed by atoms with van der Waals surface area (Å²) in [6.07, 6.45) is 9.64. The van der Waals surface area contributed by atoms with Gasteiger partial charge < -0.3 is 20.3 Å². The predicted octanol–water partition coefficient (Wildman–Crippen LogP) is 3.01. The first-order valence-electron chi connectivity index (χ1n) is 10.9. The van der Waals surface area contributed by atoms with Gasteiger partial charge in [0.1, 0.15) is 6.67 Å². The Morgan fingerprint density at radius 2 is 1.97 bits per heavy atom. The molecule has 5 rings (SSSR count). The lowest BCUT2D eigenvalue weighted by atomic mass is 9.52. The van der Waals surface area contributed by atoms with E-state index < -0.39 is 17.8 Å². The Bertz CT molecular complexity index is 859. The van der Waals surface area contributed by atoms with Crippen LogP contribution in [-0.2, 0) is 11.5 Å². The minimum atomic E-state index is -0.764. The molecule has 1 heterocycles. The average Bonchev–Trinajstić information content (AvgIpc) is 3.03. The summed E-state index contributed by atoms with van der Waals surface area (Å²) in [6.45, 7) is 4.37. The Kier molecular flexibility index (Phi) is 5.29. The standard InChI is InChI=1S/C23H32FN3O3/c1-14(28)26-22(2,3)5-7-27-6-4-18(19(27)13-24)21(29)25-20-16-8-15-9-17(20)12-23(30,10-15)11-16/h4-7,15-17,20,30H,8-13H2,1-3H3,(H,25,29)(H,26,28)/b7-5+. The van der Waals surface area contributed by atoms with Crippen molar-refractivity contribution in [1.82, 2.24) is 15.2 Å². The first kappa shape index (κ1) is 21.1. The molecule has 4 bridgehead atoms. The van der Waals surface area contributed by atoms with E-state index >= 15 is 0 Å². The van der Waals surface area contributed by atoms with Crippen molar-refractivity contribution in [3.63, 3.8) is 0 Å². The molecule has 0 spiro atoms. The molecule has 0 radical (unpaired) electrons. The lowest BCUT2D eigenvalue weighted by Crippen LogP contribution is -2.61. The zero-order chi connectivity index (χ0) is 21.7. The van der Waals surface area contributed by atoms with Crippen LogP contribution in [0, 0.1) is 17.8 Å². The van der Waals surface area contributed by atoms with Crippen LogP contribution in [-0.4, -0.2) is 38.7 Å². The molecule has 1 aromatic heterocycles. The average molecular weight is 418 g/mol. The Hall–Kier alpha value is -2.15. The second-order valence-electron chi connectivity index (χ2n) is 10.1. The van der Waals surface area contributed by atoms with Crippen molar-refractivity contribution in [1.29, 1.82) is 0 Å². The van der Waals surface area contributed by atoms with Gasteiger partial charge in [0.2, 0.25) is 5.91 Å². The molecule has 30 heavy (non-hydrogen) atoms.